The number of aryl methyl sites for hydroxylation is 2. The van der Waals surface area contributed by atoms with E-state index in [2.05, 4.69) is 14.7 Å². The Labute approximate surface area is 122 Å². The zero-order chi connectivity index (χ0) is 15.8. The fourth-order valence-electron chi connectivity index (χ4n) is 2.16. The van der Waals surface area contributed by atoms with Crippen LogP contribution in [0.1, 0.15) is 27.4 Å². The maximum absolute atomic E-state index is 12.4. The summed E-state index contributed by atoms with van der Waals surface area (Å²) in [7, 11) is -3.88. The second-order valence-electron chi connectivity index (χ2n) is 4.68. The van der Waals surface area contributed by atoms with Gasteiger partial charge < -0.3 is 10.1 Å². The van der Waals surface area contributed by atoms with E-state index in [1.807, 2.05) is 0 Å². The summed E-state index contributed by atoms with van der Waals surface area (Å²) in [5, 5.41) is 9.04. The highest BCUT2D eigenvalue weighted by Gasteiger charge is 2.26. The molecule has 2 aromatic heterocycles. The van der Waals surface area contributed by atoms with E-state index in [0.717, 1.165) is 0 Å². The Morgan fingerprint density at radius 1 is 1.33 bits per heavy atom. The zero-order valence-corrected chi connectivity index (χ0v) is 12.6. The van der Waals surface area contributed by atoms with Gasteiger partial charge in [0.15, 0.2) is 0 Å². The molecule has 3 N–H and O–H groups in total. The summed E-state index contributed by atoms with van der Waals surface area (Å²) >= 11 is 0. The highest BCUT2D eigenvalue weighted by molar-refractivity contribution is 7.92. The average molecular weight is 309 g/mol. The summed E-state index contributed by atoms with van der Waals surface area (Å²) in [5.74, 6) is -1.20. The minimum Gasteiger partial charge on any atom is -0.477 e. The molecule has 0 aliphatic heterocycles. The molecule has 112 valence electrons. The molecule has 0 saturated heterocycles. The first-order valence-corrected chi connectivity index (χ1v) is 7.58. The molecule has 2 heterocycles. The van der Waals surface area contributed by atoms with Gasteiger partial charge in [0.05, 0.1) is 5.69 Å². The number of pyridine rings is 1. The van der Waals surface area contributed by atoms with Crippen LogP contribution in [0.25, 0.3) is 0 Å². The van der Waals surface area contributed by atoms with Gasteiger partial charge in [-0.05, 0) is 32.9 Å². The summed E-state index contributed by atoms with van der Waals surface area (Å²) in [6.45, 7) is 4.72. The molecule has 0 aromatic carbocycles. The van der Waals surface area contributed by atoms with E-state index in [4.69, 9.17) is 5.11 Å². The molecule has 0 aliphatic rings. The van der Waals surface area contributed by atoms with Crippen molar-refractivity contribution in [3.05, 3.63) is 41.0 Å². The largest absolute Gasteiger partial charge is 0.477 e. The van der Waals surface area contributed by atoms with Gasteiger partial charge in [-0.15, -0.1) is 0 Å². The number of hydrogen-bond acceptors (Lipinski definition) is 4. The summed E-state index contributed by atoms with van der Waals surface area (Å²) in [5.41, 5.74) is 1.38. The first-order chi connectivity index (χ1) is 9.72. The van der Waals surface area contributed by atoms with Crippen molar-refractivity contribution < 1.29 is 18.3 Å². The Balaban J connectivity index is 2.48. The molecule has 2 aromatic rings. The van der Waals surface area contributed by atoms with Crippen LogP contribution in [0.15, 0.2) is 23.2 Å². The van der Waals surface area contributed by atoms with Crippen molar-refractivity contribution in [1.82, 2.24) is 9.97 Å². The monoisotopic (exact) mass is 309 g/mol. The van der Waals surface area contributed by atoms with E-state index < -0.39 is 16.0 Å². The number of nitrogens with one attached hydrogen (secondary N) is 2. The van der Waals surface area contributed by atoms with Crippen LogP contribution in [0, 0.1) is 20.8 Å². The van der Waals surface area contributed by atoms with Crippen molar-refractivity contribution in [2.45, 2.75) is 25.7 Å². The number of carbonyl (C=O) groups is 1. The smallest absolute Gasteiger partial charge is 0.352 e. The Hall–Kier alpha value is -2.35. The van der Waals surface area contributed by atoms with Crippen LogP contribution in [-0.2, 0) is 10.0 Å². The molecule has 0 bridgehead atoms. The first kappa shape index (κ1) is 15.0. The molecule has 0 atom stereocenters. The molecule has 0 spiro atoms. The number of aromatic carboxylic acids is 1. The molecule has 0 fully saturated rings. The SMILES string of the molecule is Cc1cc(NS(=O)(=O)c2c(C)[nH]c(C(=O)O)c2C)ccn1. The summed E-state index contributed by atoms with van der Waals surface area (Å²) in [6, 6.07) is 3.12. The number of H-pyrrole nitrogens is 1. The van der Waals surface area contributed by atoms with Crippen molar-refractivity contribution in [2.24, 2.45) is 0 Å². The number of nitrogens with zero attached hydrogens (tertiary/aromatic N) is 1. The summed E-state index contributed by atoms with van der Waals surface area (Å²) in [4.78, 5) is 17.6. The van der Waals surface area contributed by atoms with Gasteiger partial charge >= 0.3 is 5.97 Å². The number of carboxylic acid groups (broad SMARTS) is 1. The van der Waals surface area contributed by atoms with Crippen LogP contribution in [0.2, 0.25) is 0 Å². The van der Waals surface area contributed by atoms with E-state index in [1.165, 1.54) is 26.1 Å². The number of anilines is 1. The number of rotatable bonds is 4. The summed E-state index contributed by atoms with van der Waals surface area (Å²) < 4.78 is 27.3. The molecular formula is C13H15N3O4S. The molecule has 0 unspecified atom stereocenters. The van der Waals surface area contributed by atoms with Gasteiger partial charge in [-0.2, -0.15) is 0 Å². The molecule has 0 saturated carbocycles. The number of carboxylic acids is 1. The molecule has 7 nitrogen and oxygen atoms in total. The van der Waals surface area contributed by atoms with Crippen LogP contribution >= 0.6 is 0 Å². The predicted molar refractivity (Wildman–Crippen MR) is 77.0 cm³/mol. The lowest BCUT2D eigenvalue weighted by atomic mass is 10.2. The Bertz CT molecular complexity index is 809. The molecule has 21 heavy (non-hydrogen) atoms. The van der Waals surface area contributed by atoms with Gasteiger partial charge in [-0.25, -0.2) is 13.2 Å². The fourth-order valence-corrected chi connectivity index (χ4v) is 3.66. The second kappa shape index (κ2) is 5.21. The average Bonchev–Trinajstić information content (AvgIpc) is 2.64. The van der Waals surface area contributed by atoms with Gasteiger partial charge in [-0.1, -0.05) is 0 Å². The molecule has 0 radical (unpaired) electrons. The highest BCUT2D eigenvalue weighted by atomic mass is 32.2. The highest BCUT2D eigenvalue weighted by Crippen LogP contribution is 2.25. The predicted octanol–water partition coefficient (Wildman–Crippen LogP) is 1.83. The van der Waals surface area contributed by atoms with E-state index >= 15 is 0 Å². The molecule has 2 rings (SSSR count). The van der Waals surface area contributed by atoms with Crippen molar-refractivity contribution in [3.8, 4) is 0 Å². The van der Waals surface area contributed by atoms with Gasteiger partial charge in [-0.3, -0.25) is 9.71 Å². The quantitative estimate of drug-likeness (QED) is 0.797. The lowest BCUT2D eigenvalue weighted by Crippen LogP contribution is -2.15. The maximum Gasteiger partial charge on any atom is 0.352 e. The van der Waals surface area contributed by atoms with Crippen molar-refractivity contribution in [3.63, 3.8) is 0 Å². The van der Waals surface area contributed by atoms with E-state index in [9.17, 15) is 13.2 Å². The van der Waals surface area contributed by atoms with Crippen LogP contribution in [-0.4, -0.2) is 29.5 Å². The van der Waals surface area contributed by atoms with E-state index in [-0.39, 0.29) is 21.8 Å². The van der Waals surface area contributed by atoms with Crippen LogP contribution in [0.4, 0.5) is 5.69 Å². The van der Waals surface area contributed by atoms with Crippen molar-refractivity contribution in [1.29, 1.82) is 0 Å². The Morgan fingerprint density at radius 3 is 2.52 bits per heavy atom. The third-order valence-corrected chi connectivity index (χ3v) is 4.65. The Morgan fingerprint density at radius 2 is 2.00 bits per heavy atom. The summed E-state index contributed by atoms with van der Waals surface area (Å²) in [6.07, 6.45) is 1.49. The van der Waals surface area contributed by atoms with Crippen LogP contribution < -0.4 is 4.72 Å². The lowest BCUT2D eigenvalue weighted by Gasteiger charge is -2.09. The normalized spacial score (nSPS) is 11.4. The third kappa shape index (κ3) is 2.89. The standard InChI is InChI=1S/C13H15N3O4S/c1-7-6-10(4-5-14-7)16-21(19,20)12-8(2)11(13(17)18)15-9(12)3/h4-6,15H,1-3H3,(H,14,16)(H,17,18). The molecule has 0 amide bonds. The first-order valence-electron chi connectivity index (χ1n) is 6.10. The number of sulfonamides is 1. The van der Waals surface area contributed by atoms with Gasteiger partial charge in [0.25, 0.3) is 10.0 Å². The second-order valence-corrected chi connectivity index (χ2v) is 6.29. The number of aromatic amines is 1. The minimum absolute atomic E-state index is 0.0469. The third-order valence-electron chi connectivity index (χ3n) is 3.00. The van der Waals surface area contributed by atoms with Gasteiger partial charge in [0.1, 0.15) is 10.6 Å². The van der Waals surface area contributed by atoms with Crippen molar-refractivity contribution >= 4 is 21.7 Å². The van der Waals surface area contributed by atoms with Gasteiger partial charge in [0.2, 0.25) is 0 Å². The van der Waals surface area contributed by atoms with E-state index in [1.54, 1.807) is 13.0 Å². The minimum atomic E-state index is -3.88. The molecule has 8 heteroatoms. The maximum atomic E-state index is 12.4. The van der Waals surface area contributed by atoms with E-state index in [0.29, 0.717) is 11.4 Å². The zero-order valence-electron chi connectivity index (χ0n) is 11.8. The topological polar surface area (TPSA) is 112 Å². The fraction of sp³-hybridized carbons (Fsp3) is 0.231. The van der Waals surface area contributed by atoms with Crippen LogP contribution in [0.5, 0.6) is 0 Å². The lowest BCUT2D eigenvalue weighted by molar-refractivity contribution is 0.0690. The molecular weight excluding hydrogens is 294 g/mol. The molecule has 0 aliphatic carbocycles. The van der Waals surface area contributed by atoms with Gasteiger partial charge in [0, 0.05) is 23.1 Å². The van der Waals surface area contributed by atoms with Crippen molar-refractivity contribution in [2.75, 3.05) is 4.72 Å². The number of aromatic nitrogens is 2. The Kier molecular flexibility index (Phi) is 3.73. The van der Waals surface area contributed by atoms with Crippen LogP contribution in [0.3, 0.4) is 0 Å². The number of hydrogen-bond donors (Lipinski definition) is 3.